The number of rotatable bonds is 4. The largest absolute Gasteiger partial charge is 0.382 e. The lowest BCUT2D eigenvalue weighted by Gasteiger charge is -2.10. The summed E-state index contributed by atoms with van der Waals surface area (Å²) in [6.07, 6.45) is 0.729. The topological polar surface area (TPSA) is 50.9 Å². The van der Waals surface area contributed by atoms with Gasteiger partial charge in [-0.2, -0.15) is 0 Å². The number of aryl methyl sites for hydroxylation is 1. The van der Waals surface area contributed by atoms with Crippen molar-refractivity contribution in [3.63, 3.8) is 0 Å². The van der Waals surface area contributed by atoms with E-state index >= 15 is 0 Å². The van der Waals surface area contributed by atoms with Crippen LogP contribution in [-0.4, -0.2) is 11.5 Å². The number of nitrogen functional groups attached to an aromatic ring is 1. The zero-order valence-electron chi connectivity index (χ0n) is 10.9. The van der Waals surface area contributed by atoms with Gasteiger partial charge in [0.1, 0.15) is 17.5 Å². The van der Waals surface area contributed by atoms with Crippen molar-refractivity contribution < 1.29 is 4.39 Å². The van der Waals surface area contributed by atoms with Crippen molar-refractivity contribution in [2.45, 2.75) is 13.3 Å². The molecular weight excluding hydrogens is 300 g/mol. The monoisotopic (exact) mass is 313 g/mol. The minimum absolute atomic E-state index is 0.227. The molecule has 106 valence electrons. The lowest BCUT2D eigenvalue weighted by atomic mass is 10.1. The lowest BCUT2D eigenvalue weighted by molar-refractivity contribution is 0.625. The smallest absolute Gasteiger partial charge is 0.147 e. The molecule has 0 spiro atoms. The van der Waals surface area contributed by atoms with Gasteiger partial charge in [0.25, 0.3) is 0 Å². The van der Waals surface area contributed by atoms with E-state index in [0.717, 1.165) is 17.5 Å². The fraction of sp³-hybridized carbons (Fsp3) is 0.214. The van der Waals surface area contributed by atoms with Crippen LogP contribution in [0.2, 0.25) is 10.0 Å². The number of hydrogen-bond donors (Lipinski definition) is 2. The van der Waals surface area contributed by atoms with Crippen LogP contribution in [0.4, 0.5) is 16.0 Å². The third kappa shape index (κ3) is 3.52. The minimum atomic E-state index is -0.227. The van der Waals surface area contributed by atoms with Crippen molar-refractivity contribution in [1.82, 2.24) is 4.98 Å². The molecule has 0 amide bonds. The number of aromatic nitrogens is 1. The van der Waals surface area contributed by atoms with Crippen molar-refractivity contribution in [1.29, 1.82) is 0 Å². The molecule has 0 saturated carbocycles. The van der Waals surface area contributed by atoms with Gasteiger partial charge in [0.2, 0.25) is 0 Å². The van der Waals surface area contributed by atoms with Crippen molar-refractivity contribution in [3.8, 4) is 0 Å². The number of anilines is 2. The van der Waals surface area contributed by atoms with Crippen LogP contribution in [0.15, 0.2) is 24.3 Å². The zero-order chi connectivity index (χ0) is 14.7. The van der Waals surface area contributed by atoms with Gasteiger partial charge in [-0.15, -0.1) is 0 Å². The van der Waals surface area contributed by atoms with Gasteiger partial charge in [-0.1, -0.05) is 29.3 Å². The Hall–Kier alpha value is -1.52. The highest BCUT2D eigenvalue weighted by Crippen LogP contribution is 2.27. The molecule has 1 heterocycles. The molecule has 6 heteroatoms. The third-order valence-corrected chi connectivity index (χ3v) is 3.54. The molecule has 2 aromatic rings. The Labute approximate surface area is 126 Å². The van der Waals surface area contributed by atoms with E-state index in [-0.39, 0.29) is 11.6 Å². The second kappa shape index (κ2) is 6.29. The summed E-state index contributed by atoms with van der Waals surface area (Å²) in [5.41, 5.74) is 7.61. The summed E-state index contributed by atoms with van der Waals surface area (Å²) in [5.74, 6) is 0.499. The van der Waals surface area contributed by atoms with Crippen molar-refractivity contribution in [3.05, 3.63) is 51.3 Å². The molecule has 0 aliphatic rings. The summed E-state index contributed by atoms with van der Waals surface area (Å²) in [6.45, 7) is 2.49. The number of halogens is 3. The van der Waals surface area contributed by atoms with E-state index in [0.29, 0.717) is 22.4 Å². The predicted octanol–water partition coefficient (Wildman–Crippen LogP) is 4.07. The molecule has 1 aromatic heterocycles. The van der Waals surface area contributed by atoms with Crippen LogP contribution < -0.4 is 11.1 Å². The number of pyridine rings is 1. The maximum Gasteiger partial charge on any atom is 0.147 e. The highest BCUT2D eigenvalue weighted by Gasteiger charge is 2.07. The molecule has 0 saturated heterocycles. The molecule has 0 aliphatic heterocycles. The van der Waals surface area contributed by atoms with Gasteiger partial charge in [-0.3, -0.25) is 0 Å². The maximum atomic E-state index is 13.0. The van der Waals surface area contributed by atoms with Gasteiger partial charge in [0, 0.05) is 6.54 Å². The summed E-state index contributed by atoms with van der Waals surface area (Å²) in [6, 6.07) is 6.29. The summed E-state index contributed by atoms with van der Waals surface area (Å²) in [4.78, 5) is 4.08. The molecule has 1 aromatic carbocycles. The summed E-state index contributed by atoms with van der Waals surface area (Å²) in [5, 5.41) is 3.84. The summed E-state index contributed by atoms with van der Waals surface area (Å²) < 4.78 is 13.0. The second-order valence-corrected chi connectivity index (χ2v) is 5.25. The fourth-order valence-electron chi connectivity index (χ4n) is 1.86. The molecule has 0 bridgehead atoms. The standard InChI is InChI=1S/C14H14Cl2FN3/c1-8-6-10(17)3-2-9(8)4-5-19-14-12(16)7-11(15)13(18)20-14/h2-3,6-7H,4-5H2,1H3,(H3,18,19,20). The Morgan fingerprint density at radius 3 is 2.70 bits per heavy atom. The third-order valence-electron chi connectivity index (χ3n) is 2.95. The number of nitrogens with one attached hydrogen (secondary N) is 1. The van der Waals surface area contributed by atoms with E-state index in [1.165, 1.54) is 12.1 Å². The number of hydrogen-bond acceptors (Lipinski definition) is 3. The van der Waals surface area contributed by atoms with Gasteiger partial charge < -0.3 is 11.1 Å². The molecule has 0 radical (unpaired) electrons. The summed E-state index contributed by atoms with van der Waals surface area (Å²) in [7, 11) is 0. The number of nitrogens with two attached hydrogens (primary N) is 1. The normalized spacial score (nSPS) is 10.6. The Bertz CT molecular complexity index is 632. The van der Waals surface area contributed by atoms with Gasteiger partial charge in [-0.05, 0) is 42.7 Å². The molecule has 3 nitrogen and oxygen atoms in total. The number of benzene rings is 1. The van der Waals surface area contributed by atoms with E-state index < -0.39 is 0 Å². The van der Waals surface area contributed by atoms with E-state index in [1.807, 2.05) is 6.92 Å². The first-order valence-electron chi connectivity index (χ1n) is 6.08. The van der Waals surface area contributed by atoms with Gasteiger partial charge in [0.15, 0.2) is 0 Å². The Morgan fingerprint density at radius 2 is 2.00 bits per heavy atom. The average Bonchev–Trinajstić information content (AvgIpc) is 2.38. The maximum absolute atomic E-state index is 13.0. The van der Waals surface area contributed by atoms with E-state index in [1.54, 1.807) is 12.1 Å². The van der Waals surface area contributed by atoms with Crippen LogP contribution >= 0.6 is 23.2 Å². The van der Waals surface area contributed by atoms with Gasteiger partial charge in [-0.25, -0.2) is 9.37 Å². The quantitative estimate of drug-likeness (QED) is 0.894. The highest BCUT2D eigenvalue weighted by atomic mass is 35.5. The lowest BCUT2D eigenvalue weighted by Crippen LogP contribution is -2.08. The first-order valence-corrected chi connectivity index (χ1v) is 6.83. The summed E-state index contributed by atoms with van der Waals surface area (Å²) >= 11 is 11.8. The molecule has 2 rings (SSSR count). The van der Waals surface area contributed by atoms with Crippen LogP contribution in [0, 0.1) is 12.7 Å². The Balaban J connectivity index is 2.01. The van der Waals surface area contributed by atoms with Gasteiger partial charge >= 0.3 is 0 Å². The van der Waals surface area contributed by atoms with Crippen LogP contribution in [0.3, 0.4) is 0 Å². The van der Waals surface area contributed by atoms with Crippen molar-refractivity contribution >= 4 is 34.8 Å². The number of nitrogens with zero attached hydrogens (tertiary/aromatic N) is 1. The first-order chi connectivity index (χ1) is 9.47. The second-order valence-electron chi connectivity index (χ2n) is 4.43. The zero-order valence-corrected chi connectivity index (χ0v) is 12.4. The Morgan fingerprint density at radius 1 is 1.25 bits per heavy atom. The predicted molar refractivity (Wildman–Crippen MR) is 82.0 cm³/mol. The molecule has 0 fully saturated rings. The van der Waals surface area contributed by atoms with Gasteiger partial charge in [0.05, 0.1) is 10.0 Å². The average molecular weight is 314 g/mol. The SMILES string of the molecule is Cc1cc(F)ccc1CCNc1nc(N)c(Cl)cc1Cl. The molecule has 0 aliphatic carbocycles. The van der Waals surface area contributed by atoms with Crippen LogP contribution in [0.25, 0.3) is 0 Å². The van der Waals surface area contributed by atoms with Crippen LogP contribution in [-0.2, 0) is 6.42 Å². The Kier molecular flexibility index (Phi) is 4.68. The van der Waals surface area contributed by atoms with Crippen LogP contribution in [0.5, 0.6) is 0 Å². The minimum Gasteiger partial charge on any atom is -0.382 e. The molecule has 3 N–H and O–H groups in total. The molecule has 0 atom stereocenters. The van der Waals surface area contributed by atoms with E-state index in [2.05, 4.69) is 10.3 Å². The van der Waals surface area contributed by atoms with E-state index in [4.69, 9.17) is 28.9 Å². The fourth-order valence-corrected chi connectivity index (χ4v) is 2.29. The van der Waals surface area contributed by atoms with Crippen molar-refractivity contribution in [2.24, 2.45) is 0 Å². The highest BCUT2D eigenvalue weighted by molar-refractivity contribution is 6.37. The van der Waals surface area contributed by atoms with E-state index in [9.17, 15) is 4.39 Å². The van der Waals surface area contributed by atoms with Crippen LogP contribution in [0.1, 0.15) is 11.1 Å². The molecule has 0 unspecified atom stereocenters. The molecule has 20 heavy (non-hydrogen) atoms. The molecular formula is C14H14Cl2FN3. The van der Waals surface area contributed by atoms with Crippen molar-refractivity contribution in [2.75, 3.05) is 17.6 Å². The first kappa shape index (κ1) is 14.9.